The molecular weight excluding hydrogens is 206 g/mol. The second-order valence-corrected chi connectivity index (χ2v) is 3.33. The molecule has 2 N–H and O–H groups in total. The molecule has 0 radical (unpaired) electrons. The van der Waals surface area contributed by atoms with Crippen LogP contribution in [0.5, 0.6) is 5.75 Å². The summed E-state index contributed by atoms with van der Waals surface area (Å²) in [5.74, 6) is 0.661. The highest BCUT2D eigenvalue weighted by atomic mass is 16.5. The lowest BCUT2D eigenvalue weighted by molar-refractivity contribution is 0.405. The van der Waals surface area contributed by atoms with Gasteiger partial charge in [-0.1, -0.05) is 0 Å². The summed E-state index contributed by atoms with van der Waals surface area (Å²) in [6.07, 6.45) is 4.76. The van der Waals surface area contributed by atoms with Gasteiger partial charge in [0.2, 0.25) is 0 Å². The summed E-state index contributed by atoms with van der Waals surface area (Å²) in [5.41, 5.74) is 7.63. The van der Waals surface area contributed by atoms with Gasteiger partial charge < -0.3 is 10.5 Å². The summed E-state index contributed by atoms with van der Waals surface area (Å²) < 4.78 is 6.89. The molecule has 6 heteroatoms. The fourth-order valence-electron chi connectivity index (χ4n) is 1.56. The molecule has 0 saturated heterocycles. The Hall–Kier alpha value is -1.95. The Morgan fingerprint density at radius 1 is 1.50 bits per heavy atom. The molecule has 0 saturated carbocycles. The molecule has 0 aliphatic heterocycles. The summed E-state index contributed by atoms with van der Waals surface area (Å²) in [6.45, 7) is 0. The number of ether oxygens (including phenoxy) is 1. The largest absolute Gasteiger partial charge is 0.493 e. The van der Waals surface area contributed by atoms with Crippen LogP contribution < -0.4 is 10.5 Å². The minimum Gasteiger partial charge on any atom is -0.493 e. The molecule has 2 aromatic rings. The van der Waals surface area contributed by atoms with E-state index in [0.29, 0.717) is 5.75 Å². The van der Waals surface area contributed by atoms with Crippen molar-refractivity contribution in [2.45, 2.75) is 6.04 Å². The maximum atomic E-state index is 6.11. The lowest BCUT2D eigenvalue weighted by atomic mass is 10.1. The highest BCUT2D eigenvalue weighted by molar-refractivity contribution is 5.32. The Balaban J connectivity index is 2.41. The standard InChI is InChI=1S/C10H13N5O/c1-15-10(8(16-2)5-14-15)9(11)7-3-4-12-6-13-7/h3-6,9H,11H2,1-2H3. The average Bonchev–Trinajstić information content (AvgIpc) is 2.70. The van der Waals surface area contributed by atoms with Gasteiger partial charge >= 0.3 is 0 Å². The van der Waals surface area contributed by atoms with Gasteiger partial charge in [0.25, 0.3) is 0 Å². The van der Waals surface area contributed by atoms with Crippen LogP contribution in [0.2, 0.25) is 0 Å². The summed E-state index contributed by atoms with van der Waals surface area (Å²) in [5, 5.41) is 4.10. The van der Waals surface area contributed by atoms with E-state index in [1.54, 1.807) is 30.3 Å². The third-order valence-electron chi connectivity index (χ3n) is 2.39. The number of aryl methyl sites for hydroxylation is 1. The van der Waals surface area contributed by atoms with Crippen LogP contribution in [-0.2, 0) is 7.05 Å². The molecule has 6 nitrogen and oxygen atoms in total. The molecule has 0 bridgehead atoms. The Kier molecular flexibility index (Phi) is 2.82. The van der Waals surface area contributed by atoms with E-state index in [9.17, 15) is 0 Å². The van der Waals surface area contributed by atoms with Crippen molar-refractivity contribution < 1.29 is 4.74 Å². The van der Waals surface area contributed by atoms with Gasteiger partial charge in [0.1, 0.15) is 12.0 Å². The Labute approximate surface area is 93.1 Å². The highest BCUT2D eigenvalue weighted by Crippen LogP contribution is 2.25. The van der Waals surface area contributed by atoms with E-state index in [1.807, 2.05) is 7.05 Å². The lowest BCUT2D eigenvalue weighted by Crippen LogP contribution is -2.18. The molecule has 84 valence electrons. The molecule has 2 aromatic heterocycles. The van der Waals surface area contributed by atoms with Crippen LogP contribution in [0.25, 0.3) is 0 Å². The van der Waals surface area contributed by atoms with E-state index in [0.717, 1.165) is 11.4 Å². The molecular formula is C10H13N5O. The zero-order valence-electron chi connectivity index (χ0n) is 9.16. The monoisotopic (exact) mass is 219 g/mol. The molecule has 16 heavy (non-hydrogen) atoms. The van der Waals surface area contributed by atoms with Crippen molar-refractivity contribution >= 4 is 0 Å². The van der Waals surface area contributed by atoms with Crippen LogP contribution >= 0.6 is 0 Å². The smallest absolute Gasteiger partial charge is 0.161 e. The van der Waals surface area contributed by atoms with E-state index >= 15 is 0 Å². The minimum atomic E-state index is -0.370. The number of nitrogens with zero attached hydrogens (tertiary/aromatic N) is 4. The SMILES string of the molecule is COc1cnn(C)c1C(N)c1ccncn1. The summed E-state index contributed by atoms with van der Waals surface area (Å²) in [4.78, 5) is 7.97. The minimum absolute atomic E-state index is 0.370. The Morgan fingerprint density at radius 3 is 2.94 bits per heavy atom. The van der Waals surface area contributed by atoms with Crippen molar-refractivity contribution in [3.63, 3.8) is 0 Å². The molecule has 2 rings (SSSR count). The van der Waals surface area contributed by atoms with Crippen molar-refractivity contribution in [3.05, 3.63) is 36.2 Å². The van der Waals surface area contributed by atoms with E-state index < -0.39 is 0 Å². The van der Waals surface area contributed by atoms with Gasteiger partial charge in [-0.3, -0.25) is 4.68 Å². The average molecular weight is 219 g/mol. The second kappa shape index (κ2) is 4.28. The van der Waals surface area contributed by atoms with E-state index in [4.69, 9.17) is 10.5 Å². The van der Waals surface area contributed by atoms with Crippen molar-refractivity contribution in [2.24, 2.45) is 12.8 Å². The van der Waals surface area contributed by atoms with Crippen molar-refractivity contribution in [3.8, 4) is 5.75 Å². The van der Waals surface area contributed by atoms with Crippen LogP contribution in [0.15, 0.2) is 24.8 Å². The number of aromatic nitrogens is 4. The number of rotatable bonds is 3. The Bertz CT molecular complexity index is 467. The summed E-state index contributed by atoms with van der Waals surface area (Å²) in [6, 6.07) is 1.40. The topological polar surface area (TPSA) is 78.9 Å². The van der Waals surface area contributed by atoms with Crippen LogP contribution in [0.4, 0.5) is 0 Å². The molecule has 0 aliphatic carbocycles. The molecule has 0 fully saturated rings. The third-order valence-corrected chi connectivity index (χ3v) is 2.39. The number of nitrogens with two attached hydrogens (primary N) is 1. The fourth-order valence-corrected chi connectivity index (χ4v) is 1.56. The van der Waals surface area contributed by atoms with Gasteiger partial charge in [-0.25, -0.2) is 9.97 Å². The van der Waals surface area contributed by atoms with Gasteiger partial charge in [-0.2, -0.15) is 5.10 Å². The molecule has 0 aromatic carbocycles. The second-order valence-electron chi connectivity index (χ2n) is 3.33. The first kappa shape index (κ1) is 10.6. The number of hydrogen-bond donors (Lipinski definition) is 1. The molecule has 2 heterocycles. The molecule has 0 amide bonds. The molecule has 1 atom stereocenters. The van der Waals surface area contributed by atoms with Crippen LogP contribution in [-0.4, -0.2) is 26.9 Å². The normalized spacial score (nSPS) is 12.4. The van der Waals surface area contributed by atoms with Gasteiger partial charge in [0.05, 0.1) is 25.0 Å². The predicted molar refractivity (Wildman–Crippen MR) is 57.8 cm³/mol. The van der Waals surface area contributed by atoms with E-state index in [2.05, 4.69) is 15.1 Å². The van der Waals surface area contributed by atoms with Gasteiger partial charge in [0.15, 0.2) is 5.75 Å². The van der Waals surface area contributed by atoms with E-state index in [1.165, 1.54) is 6.33 Å². The fraction of sp³-hybridized carbons (Fsp3) is 0.300. The first-order valence-corrected chi connectivity index (χ1v) is 4.81. The maximum absolute atomic E-state index is 6.11. The number of hydrogen-bond acceptors (Lipinski definition) is 5. The van der Waals surface area contributed by atoms with E-state index in [-0.39, 0.29) is 6.04 Å². The van der Waals surface area contributed by atoms with Gasteiger partial charge in [-0.05, 0) is 6.07 Å². The van der Waals surface area contributed by atoms with Crippen molar-refractivity contribution in [2.75, 3.05) is 7.11 Å². The summed E-state index contributed by atoms with van der Waals surface area (Å²) >= 11 is 0. The van der Waals surface area contributed by atoms with Crippen molar-refractivity contribution in [1.82, 2.24) is 19.7 Å². The quantitative estimate of drug-likeness (QED) is 0.801. The van der Waals surface area contributed by atoms with Crippen LogP contribution in [0, 0.1) is 0 Å². The lowest BCUT2D eigenvalue weighted by Gasteiger charge is -2.12. The zero-order chi connectivity index (χ0) is 11.5. The predicted octanol–water partition coefficient (Wildman–Crippen LogP) is 0.267. The number of methoxy groups -OCH3 is 1. The third kappa shape index (κ3) is 1.74. The van der Waals surface area contributed by atoms with Gasteiger partial charge in [0, 0.05) is 13.2 Å². The van der Waals surface area contributed by atoms with Crippen LogP contribution in [0.1, 0.15) is 17.4 Å². The molecule has 0 aliphatic rings. The zero-order valence-corrected chi connectivity index (χ0v) is 9.16. The van der Waals surface area contributed by atoms with Crippen molar-refractivity contribution in [1.29, 1.82) is 0 Å². The summed E-state index contributed by atoms with van der Waals surface area (Å²) in [7, 11) is 3.41. The maximum Gasteiger partial charge on any atom is 0.161 e. The highest BCUT2D eigenvalue weighted by Gasteiger charge is 2.19. The van der Waals surface area contributed by atoms with Gasteiger partial charge in [-0.15, -0.1) is 0 Å². The Morgan fingerprint density at radius 2 is 2.31 bits per heavy atom. The first-order valence-electron chi connectivity index (χ1n) is 4.81. The first-order chi connectivity index (χ1) is 7.74. The van der Waals surface area contributed by atoms with Crippen LogP contribution in [0.3, 0.4) is 0 Å². The molecule has 0 spiro atoms. The molecule has 1 unspecified atom stereocenters.